The number of ether oxygens (including phenoxy) is 2. The van der Waals surface area contributed by atoms with Crippen LogP contribution in [0.25, 0.3) is 11.3 Å². The summed E-state index contributed by atoms with van der Waals surface area (Å²) in [5.41, 5.74) is 1.44. The lowest BCUT2D eigenvalue weighted by Crippen LogP contribution is -2.33. The summed E-state index contributed by atoms with van der Waals surface area (Å²) >= 11 is 6.41. The summed E-state index contributed by atoms with van der Waals surface area (Å²) in [5.74, 6) is 1.43. The fraction of sp³-hybridized carbons (Fsp3) is 0.500. The van der Waals surface area contributed by atoms with Crippen molar-refractivity contribution in [3.05, 3.63) is 35.5 Å². The first-order valence-corrected chi connectivity index (χ1v) is 11.0. The van der Waals surface area contributed by atoms with Crippen molar-refractivity contribution in [3.8, 4) is 11.3 Å². The van der Waals surface area contributed by atoms with Gasteiger partial charge in [0.25, 0.3) is 0 Å². The van der Waals surface area contributed by atoms with Gasteiger partial charge in [0.15, 0.2) is 0 Å². The number of halogens is 1. The van der Waals surface area contributed by atoms with Gasteiger partial charge >= 0.3 is 0 Å². The van der Waals surface area contributed by atoms with Gasteiger partial charge in [0.05, 0.1) is 22.7 Å². The highest BCUT2D eigenvalue weighted by Gasteiger charge is 2.33. The van der Waals surface area contributed by atoms with Crippen molar-refractivity contribution < 1.29 is 14.3 Å². The lowest BCUT2D eigenvalue weighted by molar-refractivity contribution is -0.122. The molecule has 3 N–H and O–H groups in total. The summed E-state index contributed by atoms with van der Waals surface area (Å²) < 4.78 is 10.8. The first-order chi connectivity index (χ1) is 15.1. The van der Waals surface area contributed by atoms with Crippen LogP contribution in [-0.4, -0.2) is 61.9 Å². The normalized spacial score (nSPS) is 21.7. The molecule has 2 aliphatic rings. The van der Waals surface area contributed by atoms with Gasteiger partial charge in [-0.15, -0.1) is 0 Å². The van der Waals surface area contributed by atoms with E-state index in [0.29, 0.717) is 29.8 Å². The van der Waals surface area contributed by atoms with Crippen LogP contribution in [0, 0.1) is 11.8 Å². The number of amides is 1. The zero-order valence-electron chi connectivity index (χ0n) is 17.6. The number of anilines is 2. The largest absolute Gasteiger partial charge is 0.381 e. The Kier molecular flexibility index (Phi) is 7.34. The minimum absolute atomic E-state index is 0.127. The molecule has 2 atom stereocenters. The van der Waals surface area contributed by atoms with Crippen LogP contribution < -0.4 is 16.0 Å². The molecule has 31 heavy (non-hydrogen) atoms. The van der Waals surface area contributed by atoms with Gasteiger partial charge in [-0.05, 0) is 37.0 Å². The molecule has 2 aliphatic heterocycles. The van der Waals surface area contributed by atoms with E-state index in [1.165, 1.54) is 6.20 Å². The molecule has 0 aliphatic carbocycles. The SMILES string of the molecule is CO[C@H]1CNC[C@@H]1C(=O)Nc1cc(-c2cccc(NCC3CCOCC3)n2)c(Cl)cn1. The minimum Gasteiger partial charge on any atom is -0.381 e. The van der Waals surface area contributed by atoms with E-state index in [2.05, 4.69) is 20.9 Å². The summed E-state index contributed by atoms with van der Waals surface area (Å²) in [6.45, 7) is 3.74. The van der Waals surface area contributed by atoms with Gasteiger partial charge < -0.3 is 25.4 Å². The number of rotatable bonds is 7. The molecule has 8 nitrogen and oxygen atoms in total. The van der Waals surface area contributed by atoms with E-state index in [9.17, 15) is 4.79 Å². The Morgan fingerprint density at radius 3 is 2.94 bits per heavy atom. The molecular formula is C22H28ClN5O3. The molecule has 2 saturated heterocycles. The zero-order chi connectivity index (χ0) is 21.6. The summed E-state index contributed by atoms with van der Waals surface area (Å²) in [4.78, 5) is 21.6. The highest BCUT2D eigenvalue weighted by atomic mass is 35.5. The van der Waals surface area contributed by atoms with Crippen LogP contribution in [0.15, 0.2) is 30.5 Å². The van der Waals surface area contributed by atoms with Gasteiger partial charge in [-0.25, -0.2) is 9.97 Å². The first-order valence-electron chi connectivity index (χ1n) is 10.6. The Balaban J connectivity index is 1.46. The Hall–Kier alpha value is -2.26. The third-order valence-corrected chi connectivity index (χ3v) is 6.14. The summed E-state index contributed by atoms with van der Waals surface area (Å²) in [7, 11) is 1.62. The molecule has 0 spiro atoms. The lowest BCUT2D eigenvalue weighted by atomic mass is 10.0. The Bertz CT molecular complexity index is 906. The molecule has 0 radical (unpaired) electrons. The predicted octanol–water partition coefficient (Wildman–Crippen LogP) is 2.81. The number of hydrogen-bond acceptors (Lipinski definition) is 7. The second-order valence-electron chi connectivity index (χ2n) is 7.92. The smallest absolute Gasteiger partial charge is 0.232 e. The first kappa shape index (κ1) is 22.0. The van der Waals surface area contributed by atoms with Crippen molar-refractivity contribution in [1.29, 1.82) is 0 Å². The molecule has 0 aromatic carbocycles. The van der Waals surface area contributed by atoms with Gasteiger partial charge in [0.1, 0.15) is 11.6 Å². The van der Waals surface area contributed by atoms with E-state index >= 15 is 0 Å². The Morgan fingerprint density at radius 2 is 2.13 bits per heavy atom. The van der Waals surface area contributed by atoms with Crippen molar-refractivity contribution in [2.75, 3.05) is 50.6 Å². The highest BCUT2D eigenvalue weighted by molar-refractivity contribution is 6.33. The predicted molar refractivity (Wildman–Crippen MR) is 120 cm³/mol. The monoisotopic (exact) mass is 445 g/mol. The molecule has 2 fully saturated rings. The average molecular weight is 446 g/mol. The second kappa shape index (κ2) is 10.4. The van der Waals surface area contributed by atoms with E-state index in [1.54, 1.807) is 13.2 Å². The molecule has 0 bridgehead atoms. The number of carbonyl (C=O) groups is 1. The highest BCUT2D eigenvalue weighted by Crippen LogP contribution is 2.29. The van der Waals surface area contributed by atoms with Crippen LogP contribution in [0.5, 0.6) is 0 Å². The van der Waals surface area contributed by atoms with E-state index < -0.39 is 0 Å². The molecular weight excluding hydrogens is 418 g/mol. The lowest BCUT2D eigenvalue weighted by Gasteiger charge is -2.22. The molecule has 4 rings (SSSR count). The maximum absolute atomic E-state index is 12.7. The number of methoxy groups -OCH3 is 1. The quantitative estimate of drug-likeness (QED) is 0.602. The number of nitrogens with zero attached hydrogens (tertiary/aromatic N) is 2. The average Bonchev–Trinajstić information content (AvgIpc) is 3.29. The van der Waals surface area contributed by atoms with Crippen LogP contribution in [-0.2, 0) is 14.3 Å². The topological polar surface area (TPSA) is 97.4 Å². The third-order valence-electron chi connectivity index (χ3n) is 5.84. The molecule has 0 saturated carbocycles. The van der Waals surface area contributed by atoms with E-state index in [0.717, 1.165) is 49.7 Å². The van der Waals surface area contributed by atoms with E-state index in [-0.39, 0.29) is 17.9 Å². The number of hydrogen-bond donors (Lipinski definition) is 3. The standard InChI is InChI=1S/C22H28ClN5O3/c1-30-19-13-24-11-16(19)22(29)28-21-9-15(17(23)12-26-21)18-3-2-4-20(27-18)25-10-14-5-7-31-8-6-14/h2-4,9,12,14,16,19,24H,5-8,10-11,13H2,1H3,(H,25,27)(H,26,28,29)/t16-,19-/m0/s1. The molecule has 1 amide bonds. The molecule has 9 heteroatoms. The van der Waals surface area contributed by atoms with E-state index in [1.807, 2.05) is 18.2 Å². The number of pyridine rings is 2. The molecule has 166 valence electrons. The summed E-state index contributed by atoms with van der Waals surface area (Å²) in [6.07, 6.45) is 3.52. The van der Waals surface area contributed by atoms with Crippen molar-refractivity contribution >= 4 is 29.1 Å². The number of nitrogens with one attached hydrogen (secondary N) is 3. The van der Waals surface area contributed by atoms with Crippen LogP contribution >= 0.6 is 11.6 Å². The zero-order valence-corrected chi connectivity index (χ0v) is 18.3. The van der Waals surface area contributed by atoms with E-state index in [4.69, 9.17) is 26.1 Å². The molecule has 4 heterocycles. The van der Waals surface area contributed by atoms with Gasteiger partial charge in [-0.3, -0.25) is 4.79 Å². The van der Waals surface area contributed by atoms with Crippen molar-refractivity contribution in [3.63, 3.8) is 0 Å². The molecule has 2 aromatic rings. The van der Waals surface area contributed by atoms with Gasteiger partial charge in [0.2, 0.25) is 5.91 Å². The number of carbonyl (C=O) groups excluding carboxylic acids is 1. The van der Waals surface area contributed by atoms with Gasteiger partial charge in [-0.1, -0.05) is 17.7 Å². The summed E-state index contributed by atoms with van der Waals surface area (Å²) in [5, 5.41) is 9.96. The molecule has 2 aromatic heterocycles. The Labute approximate surface area is 187 Å². The van der Waals surface area contributed by atoms with Crippen LogP contribution in [0.2, 0.25) is 5.02 Å². The van der Waals surface area contributed by atoms with Crippen molar-refractivity contribution in [1.82, 2.24) is 15.3 Å². The second-order valence-corrected chi connectivity index (χ2v) is 8.33. The van der Waals surface area contributed by atoms with Gasteiger partial charge in [-0.2, -0.15) is 0 Å². The van der Waals surface area contributed by atoms with Crippen LogP contribution in [0.4, 0.5) is 11.6 Å². The van der Waals surface area contributed by atoms with Gasteiger partial charge in [0, 0.05) is 51.7 Å². The number of aromatic nitrogens is 2. The molecule has 0 unspecified atom stereocenters. The summed E-state index contributed by atoms with van der Waals surface area (Å²) in [6, 6.07) is 7.54. The fourth-order valence-electron chi connectivity index (χ4n) is 3.97. The minimum atomic E-state index is -0.262. The Morgan fingerprint density at radius 1 is 1.29 bits per heavy atom. The van der Waals surface area contributed by atoms with Crippen LogP contribution in [0.3, 0.4) is 0 Å². The maximum Gasteiger partial charge on any atom is 0.232 e. The maximum atomic E-state index is 12.7. The third kappa shape index (κ3) is 5.51. The van der Waals surface area contributed by atoms with Crippen molar-refractivity contribution in [2.45, 2.75) is 18.9 Å². The van der Waals surface area contributed by atoms with Crippen LogP contribution in [0.1, 0.15) is 12.8 Å². The van der Waals surface area contributed by atoms with Crippen molar-refractivity contribution in [2.24, 2.45) is 11.8 Å². The fourth-order valence-corrected chi connectivity index (χ4v) is 4.17.